The van der Waals surface area contributed by atoms with Crippen molar-refractivity contribution in [3.8, 4) is 0 Å². The van der Waals surface area contributed by atoms with Gasteiger partial charge in [0.25, 0.3) is 0 Å². The van der Waals surface area contributed by atoms with Gasteiger partial charge in [-0.1, -0.05) is 12.1 Å². The quantitative estimate of drug-likeness (QED) is 0.558. The molecule has 0 aromatic heterocycles. The molecule has 15 heavy (non-hydrogen) atoms. The molecule has 0 amide bonds. The van der Waals surface area contributed by atoms with Gasteiger partial charge in [-0.15, -0.1) is 0 Å². The number of nitrogens with two attached hydrogens (primary N) is 1. The summed E-state index contributed by atoms with van der Waals surface area (Å²) in [5.41, 5.74) is 7.59. The van der Waals surface area contributed by atoms with E-state index in [1.54, 1.807) is 0 Å². The van der Waals surface area contributed by atoms with Crippen LogP contribution in [-0.2, 0) is 4.74 Å². The Morgan fingerprint density at radius 3 is 2.73 bits per heavy atom. The molecule has 0 radical (unpaired) electrons. The molecule has 0 aliphatic carbocycles. The summed E-state index contributed by atoms with van der Waals surface area (Å²) in [6, 6.07) is 7.79. The van der Waals surface area contributed by atoms with E-state index in [9.17, 15) is 0 Å². The second kappa shape index (κ2) is 6.30. The van der Waals surface area contributed by atoms with Gasteiger partial charge in [-0.2, -0.15) is 0 Å². The van der Waals surface area contributed by atoms with E-state index in [4.69, 9.17) is 10.5 Å². The number of anilines is 2. The molecule has 0 unspecified atom stereocenters. The highest BCUT2D eigenvalue weighted by atomic mass is 16.5. The lowest BCUT2D eigenvalue weighted by atomic mass is 10.2. The molecular weight excluding hydrogens is 188 g/mol. The van der Waals surface area contributed by atoms with Gasteiger partial charge in [-0.25, -0.2) is 0 Å². The first-order valence-electron chi connectivity index (χ1n) is 5.40. The van der Waals surface area contributed by atoms with Gasteiger partial charge >= 0.3 is 0 Å². The molecular formula is C12H20N2O. The van der Waals surface area contributed by atoms with Gasteiger partial charge in [-0.05, 0) is 32.4 Å². The highest BCUT2D eigenvalue weighted by molar-refractivity contribution is 5.65. The van der Waals surface area contributed by atoms with Crippen LogP contribution in [0.25, 0.3) is 0 Å². The monoisotopic (exact) mass is 208 g/mol. The zero-order valence-corrected chi connectivity index (χ0v) is 9.49. The van der Waals surface area contributed by atoms with E-state index >= 15 is 0 Å². The van der Waals surface area contributed by atoms with Crippen molar-refractivity contribution in [1.82, 2.24) is 0 Å². The fourth-order valence-electron chi connectivity index (χ4n) is 1.27. The van der Waals surface area contributed by atoms with Gasteiger partial charge in [0.2, 0.25) is 0 Å². The molecule has 0 aliphatic heterocycles. The van der Waals surface area contributed by atoms with E-state index in [-0.39, 0.29) is 0 Å². The minimum Gasteiger partial charge on any atom is -0.397 e. The van der Waals surface area contributed by atoms with Crippen molar-refractivity contribution in [2.75, 3.05) is 24.2 Å². The third kappa shape index (κ3) is 4.70. The van der Waals surface area contributed by atoms with Crippen LogP contribution < -0.4 is 11.1 Å². The Hall–Kier alpha value is -1.22. The van der Waals surface area contributed by atoms with Gasteiger partial charge in [-0.3, -0.25) is 0 Å². The Morgan fingerprint density at radius 2 is 2.07 bits per heavy atom. The Bertz CT molecular complexity index is 287. The highest BCUT2D eigenvalue weighted by Crippen LogP contribution is 2.16. The lowest BCUT2D eigenvalue weighted by molar-refractivity contribution is 0.0787. The van der Waals surface area contributed by atoms with Gasteiger partial charge in [0, 0.05) is 13.2 Å². The summed E-state index contributed by atoms with van der Waals surface area (Å²) in [6.45, 7) is 5.77. The average molecular weight is 208 g/mol. The number of para-hydroxylation sites is 2. The molecule has 0 saturated carbocycles. The molecule has 1 aromatic rings. The van der Waals surface area contributed by atoms with Gasteiger partial charge in [0.05, 0.1) is 17.5 Å². The molecule has 1 aromatic carbocycles. The number of benzene rings is 1. The van der Waals surface area contributed by atoms with Crippen molar-refractivity contribution in [2.45, 2.75) is 26.4 Å². The minimum atomic E-state index is 0.312. The molecule has 0 heterocycles. The number of ether oxygens (including phenoxy) is 1. The fourth-order valence-corrected chi connectivity index (χ4v) is 1.27. The second-order valence-electron chi connectivity index (χ2n) is 3.79. The van der Waals surface area contributed by atoms with Gasteiger partial charge < -0.3 is 15.8 Å². The largest absolute Gasteiger partial charge is 0.397 e. The summed E-state index contributed by atoms with van der Waals surface area (Å²) in [7, 11) is 0. The van der Waals surface area contributed by atoms with E-state index in [0.717, 1.165) is 30.9 Å². The van der Waals surface area contributed by atoms with Crippen LogP contribution in [0.4, 0.5) is 11.4 Å². The maximum absolute atomic E-state index is 5.79. The van der Waals surface area contributed by atoms with Crippen LogP contribution in [0.3, 0.4) is 0 Å². The predicted molar refractivity (Wildman–Crippen MR) is 65.0 cm³/mol. The molecule has 0 spiro atoms. The highest BCUT2D eigenvalue weighted by Gasteiger charge is 1.96. The third-order valence-electron chi connectivity index (χ3n) is 2.05. The summed E-state index contributed by atoms with van der Waals surface area (Å²) < 4.78 is 5.44. The van der Waals surface area contributed by atoms with Gasteiger partial charge in [0.1, 0.15) is 0 Å². The zero-order valence-electron chi connectivity index (χ0n) is 9.49. The molecule has 3 N–H and O–H groups in total. The van der Waals surface area contributed by atoms with Crippen LogP contribution >= 0.6 is 0 Å². The maximum Gasteiger partial charge on any atom is 0.0573 e. The van der Waals surface area contributed by atoms with Crippen molar-refractivity contribution in [3.63, 3.8) is 0 Å². The van der Waals surface area contributed by atoms with Crippen LogP contribution in [-0.4, -0.2) is 19.3 Å². The summed E-state index contributed by atoms with van der Waals surface area (Å²) in [4.78, 5) is 0. The third-order valence-corrected chi connectivity index (χ3v) is 2.05. The lowest BCUT2D eigenvalue weighted by Crippen LogP contribution is -2.10. The molecule has 0 fully saturated rings. The van der Waals surface area contributed by atoms with E-state index in [2.05, 4.69) is 5.32 Å². The smallest absolute Gasteiger partial charge is 0.0573 e. The van der Waals surface area contributed by atoms with Crippen molar-refractivity contribution >= 4 is 11.4 Å². The van der Waals surface area contributed by atoms with Crippen molar-refractivity contribution in [3.05, 3.63) is 24.3 Å². The van der Waals surface area contributed by atoms with E-state index in [0.29, 0.717) is 6.10 Å². The van der Waals surface area contributed by atoms with Crippen LogP contribution in [0.5, 0.6) is 0 Å². The minimum absolute atomic E-state index is 0.312. The zero-order chi connectivity index (χ0) is 11.1. The average Bonchev–Trinajstić information content (AvgIpc) is 2.20. The Kier molecular flexibility index (Phi) is 4.98. The standard InChI is InChI=1S/C12H20N2O/c1-10(2)15-9-5-8-14-12-7-4-3-6-11(12)13/h3-4,6-7,10,14H,5,8-9,13H2,1-2H3. The first-order valence-corrected chi connectivity index (χ1v) is 5.40. The molecule has 0 saturated heterocycles. The number of nitrogens with one attached hydrogen (secondary N) is 1. The SMILES string of the molecule is CC(C)OCCCNc1ccccc1N. The number of rotatable bonds is 6. The topological polar surface area (TPSA) is 47.3 Å². The lowest BCUT2D eigenvalue weighted by Gasteiger charge is -2.10. The van der Waals surface area contributed by atoms with E-state index < -0.39 is 0 Å². The van der Waals surface area contributed by atoms with Gasteiger partial charge in [0.15, 0.2) is 0 Å². The second-order valence-corrected chi connectivity index (χ2v) is 3.79. The van der Waals surface area contributed by atoms with Crippen molar-refractivity contribution in [1.29, 1.82) is 0 Å². The molecule has 0 atom stereocenters. The number of nitrogen functional groups attached to an aromatic ring is 1. The molecule has 3 heteroatoms. The summed E-state index contributed by atoms with van der Waals surface area (Å²) >= 11 is 0. The van der Waals surface area contributed by atoms with Crippen LogP contribution in [0, 0.1) is 0 Å². The maximum atomic E-state index is 5.79. The molecule has 0 aliphatic rings. The Morgan fingerprint density at radius 1 is 1.33 bits per heavy atom. The fraction of sp³-hybridized carbons (Fsp3) is 0.500. The summed E-state index contributed by atoms with van der Waals surface area (Å²) in [6.07, 6.45) is 1.30. The first-order chi connectivity index (χ1) is 7.20. The van der Waals surface area contributed by atoms with Crippen LogP contribution in [0.15, 0.2) is 24.3 Å². The predicted octanol–water partition coefficient (Wildman–Crippen LogP) is 2.50. The van der Waals surface area contributed by atoms with Crippen molar-refractivity contribution in [2.24, 2.45) is 0 Å². The van der Waals surface area contributed by atoms with Crippen LogP contribution in [0.1, 0.15) is 20.3 Å². The summed E-state index contributed by atoms with van der Waals surface area (Å²) in [5, 5.41) is 3.28. The van der Waals surface area contributed by atoms with E-state index in [1.165, 1.54) is 0 Å². The number of hydrogen-bond donors (Lipinski definition) is 2. The first kappa shape index (κ1) is 11.9. The van der Waals surface area contributed by atoms with Crippen molar-refractivity contribution < 1.29 is 4.74 Å². The molecule has 1 rings (SSSR count). The molecule has 84 valence electrons. The van der Waals surface area contributed by atoms with E-state index in [1.807, 2.05) is 38.1 Å². The molecule has 0 bridgehead atoms. The van der Waals surface area contributed by atoms with Crippen LogP contribution in [0.2, 0.25) is 0 Å². The summed E-state index contributed by atoms with van der Waals surface area (Å²) in [5.74, 6) is 0. The Labute approximate surface area is 91.6 Å². The molecule has 3 nitrogen and oxygen atoms in total. The number of hydrogen-bond acceptors (Lipinski definition) is 3. The Balaban J connectivity index is 2.18. The normalized spacial score (nSPS) is 10.6.